The Morgan fingerprint density at radius 2 is 1.77 bits per heavy atom. The minimum Gasteiger partial charge on any atom is -0.452 e. The van der Waals surface area contributed by atoms with Crippen molar-refractivity contribution < 1.29 is 19.2 Å². The highest BCUT2D eigenvalue weighted by molar-refractivity contribution is 6.35. The Hall–Kier alpha value is -2.64. The predicted molar refractivity (Wildman–Crippen MR) is 97.9 cm³/mol. The lowest BCUT2D eigenvalue weighted by Gasteiger charge is -2.11. The van der Waals surface area contributed by atoms with Crippen LogP contribution in [0.25, 0.3) is 0 Å². The molecule has 0 bridgehead atoms. The van der Waals surface area contributed by atoms with Crippen molar-refractivity contribution >= 4 is 46.5 Å². The summed E-state index contributed by atoms with van der Waals surface area (Å²) in [7, 11) is 0. The van der Waals surface area contributed by atoms with Crippen molar-refractivity contribution in [1.82, 2.24) is 0 Å². The van der Waals surface area contributed by atoms with E-state index < -0.39 is 23.4 Å². The van der Waals surface area contributed by atoms with Gasteiger partial charge in [0.25, 0.3) is 11.6 Å². The maximum absolute atomic E-state index is 12.1. The van der Waals surface area contributed by atoms with E-state index in [-0.39, 0.29) is 27.0 Å². The largest absolute Gasteiger partial charge is 0.452 e. The average Bonchev–Trinajstić information content (AvgIpc) is 2.55. The molecule has 2 rings (SSSR count). The van der Waals surface area contributed by atoms with Crippen molar-refractivity contribution in [2.24, 2.45) is 0 Å². The van der Waals surface area contributed by atoms with Crippen LogP contribution in [0.3, 0.4) is 0 Å². The molecule has 2 aromatic rings. The zero-order chi connectivity index (χ0) is 19.4. The predicted octanol–water partition coefficient (Wildman–Crippen LogP) is 4.31. The van der Waals surface area contributed by atoms with Gasteiger partial charge in [-0.15, -0.1) is 0 Å². The van der Waals surface area contributed by atoms with E-state index in [2.05, 4.69) is 5.32 Å². The fourth-order valence-corrected chi connectivity index (χ4v) is 2.70. The van der Waals surface area contributed by atoms with Gasteiger partial charge in [-0.25, -0.2) is 4.79 Å². The lowest BCUT2D eigenvalue weighted by molar-refractivity contribution is -0.384. The molecule has 0 spiro atoms. The van der Waals surface area contributed by atoms with Gasteiger partial charge in [0, 0.05) is 16.1 Å². The molecule has 1 N–H and O–H groups in total. The van der Waals surface area contributed by atoms with E-state index in [0.717, 1.165) is 5.56 Å². The highest BCUT2D eigenvalue weighted by atomic mass is 35.5. The normalized spacial score (nSPS) is 10.3. The fraction of sp³-hybridized carbons (Fsp3) is 0.176. The first-order valence-electron chi connectivity index (χ1n) is 7.36. The van der Waals surface area contributed by atoms with Crippen LogP contribution in [0.2, 0.25) is 10.0 Å². The molecule has 0 aliphatic rings. The number of anilines is 1. The summed E-state index contributed by atoms with van der Waals surface area (Å²) in [5.74, 6) is -1.50. The number of benzene rings is 2. The van der Waals surface area contributed by atoms with Crippen LogP contribution in [0, 0.1) is 24.0 Å². The molecule has 0 heterocycles. The highest BCUT2D eigenvalue weighted by Crippen LogP contribution is 2.30. The SMILES string of the molecule is Cc1ccc([N+](=O)[O-])c(NC(=O)COC(=O)c2cc(Cl)cc(Cl)c2)c1C. The number of aryl methyl sites for hydroxylation is 1. The summed E-state index contributed by atoms with van der Waals surface area (Å²) in [6.07, 6.45) is 0. The van der Waals surface area contributed by atoms with Gasteiger partial charge in [0.1, 0.15) is 5.69 Å². The van der Waals surface area contributed by atoms with E-state index in [9.17, 15) is 19.7 Å². The number of hydrogen-bond donors (Lipinski definition) is 1. The number of nitrogens with one attached hydrogen (secondary N) is 1. The Morgan fingerprint density at radius 1 is 1.15 bits per heavy atom. The van der Waals surface area contributed by atoms with E-state index in [1.165, 1.54) is 24.3 Å². The number of carbonyl (C=O) groups excluding carboxylic acids is 2. The Morgan fingerprint density at radius 3 is 2.35 bits per heavy atom. The van der Waals surface area contributed by atoms with Gasteiger partial charge in [-0.3, -0.25) is 14.9 Å². The molecule has 26 heavy (non-hydrogen) atoms. The van der Waals surface area contributed by atoms with Gasteiger partial charge in [0.2, 0.25) is 0 Å². The second kappa shape index (κ2) is 8.16. The van der Waals surface area contributed by atoms with Crippen molar-refractivity contribution in [2.45, 2.75) is 13.8 Å². The number of hydrogen-bond acceptors (Lipinski definition) is 5. The van der Waals surface area contributed by atoms with Gasteiger partial charge in [-0.1, -0.05) is 29.3 Å². The summed E-state index contributed by atoms with van der Waals surface area (Å²) in [6, 6.07) is 7.04. The van der Waals surface area contributed by atoms with Gasteiger partial charge >= 0.3 is 5.97 Å². The monoisotopic (exact) mass is 396 g/mol. The van der Waals surface area contributed by atoms with E-state index in [1.54, 1.807) is 19.9 Å². The van der Waals surface area contributed by atoms with Gasteiger partial charge in [-0.2, -0.15) is 0 Å². The summed E-state index contributed by atoms with van der Waals surface area (Å²) >= 11 is 11.6. The smallest absolute Gasteiger partial charge is 0.338 e. The van der Waals surface area contributed by atoms with Crippen molar-refractivity contribution in [1.29, 1.82) is 0 Å². The molecule has 0 aliphatic heterocycles. The second-order valence-electron chi connectivity index (χ2n) is 5.44. The molecule has 0 unspecified atom stereocenters. The number of ether oxygens (including phenoxy) is 1. The minimum absolute atomic E-state index is 0.0712. The molecule has 0 saturated carbocycles. The van der Waals surface area contributed by atoms with E-state index in [4.69, 9.17) is 27.9 Å². The first-order valence-corrected chi connectivity index (χ1v) is 8.12. The second-order valence-corrected chi connectivity index (χ2v) is 6.31. The molecular formula is C17H14Cl2N2O5. The number of rotatable bonds is 5. The molecular weight excluding hydrogens is 383 g/mol. The van der Waals surface area contributed by atoms with Crippen LogP contribution in [-0.2, 0) is 9.53 Å². The van der Waals surface area contributed by atoms with E-state index in [0.29, 0.717) is 5.56 Å². The van der Waals surface area contributed by atoms with Crippen LogP contribution in [0.4, 0.5) is 11.4 Å². The molecule has 0 aliphatic carbocycles. The molecule has 1 amide bonds. The number of nitro groups is 1. The van der Waals surface area contributed by atoms with Gasteiger partial charge in [-0.05, 0) is 43.2 Å². The molecule has 0 saturated heterocycles. The van der Waals surface area contributed by atoms with Gasteiger partial charge in [0.05, 0.1) is 10.5 Å². The topological polar surface area (TPSA) is 98.5 Å². The summed E-state index contributed by atoms with van der Waals surface area (Å²) in [6.45, 7) is 2.79. The fourth-order valence-electron chi connectivity index (χ4n) is 2.17. The molecule has 0 radical (unpaired) electrons. The Labute approximate surface area is 159 Å². The third kappa shape index (κ3) is 4.71. The maximum atomic E-state index is 12.1. The molecule has 136 valence electrons. The number of esters is 1. The third-order valence-corrected chi connectivity index (χ3v) is 4.04. The van der Waals surface area contributed by atoms with Crippen molar-refractivity contribution in [3.63, 3.8) is 0 Å². The zero-order valence-corrected chi connectivity index (χ0v) is 15.4. The number of nitrogens with zero attached hydrogens (tertiary/aromatic N) is 1. The van der Waals surface area contributed by atoms with Gasteiger partial charge < -0.3 is 10.1 Å². The summed E-state index contributed by atoms with van der Waals surface area (Å²) in [5.41, 5.74) is 1.25. The molecule has 9 heteroatoms. The van der Waals surface area contributed by atoms with Crippen LogP contribution in [0.1, 0.15) is 21.5 Å². The molecule has 7 nitrogen and oxygen atoms in total. The van der Waals surface area contributed by atoms with Crippen LogP contribution >= 0.6 is 23.2 Å². The number of nitro benzene ring substituents is 1. The molecule has 2 aromatic carbocycles. The quantitative estimate of drug-likeness (QED) is 0.461. The van der Waals surface area contributed by atoms with E-state index >= 15 is 0 Å². The Bertz CT molecular complexity index is 879. The van der Waals surface area contributed by atoms with Crippen molar-refractivity contribution in [2.75, 3.05) is 11.9 Å². The lowest BCUT2D eigenvalue weighted by Crippen LogP contribution is -2.22. The summed E-state index contributed by atoms with van der Waals surface area (Å²) in [5, 5.41) is 14.0. The first kappa shape index (κ1) is 19.7. The van der Waals surface area contributed by atoms with Crippen LogP contribution in [-0.4, -0.2) is 23.4 Å². The summed E-state index contributed by atoms with van der Waals surface area (Å²) in [4.78, 5) is 34.6. The standard InChI is InChI=1S/C17H14Cl2N2O5/c1-9-3-4-14(21(24)25)16(10(9)2)20-15(22)8-26-17(23)11-5-12(18)7-13(19)6-11/h3-7H,8H2,1-2H3,(H,20,22). The molecule has 0 fully saturated rings. The number of carbonyl (C=O) groups is 2. The van der Waals surface area contributed by atoms with Crippen LogP contribution in [0.15, 0.2) is 30.3 Å². The molecule has 0 atom stereocenters. The zero-order valence-electron chi connectivity index (χ0n) is 13.8. The van der Waals surface area contributed by atoms with Crippen LogP contribution in [0.5, 0.6) is 0 Å². The number of halogens is 2. The number of amides is 1. The third-order valence-electron chi connectivity index (χ3n) is 3.61. The minimum atomic E-state index is -0.792. The van der Waals surface area contributed by atoms with Gasteiger partial charge in [0.15, 0.2) is 6.61 Å². The average molecular weight is 397 g/mol. The summed E-state index contributed by atoms with van der Waals surface area (Å²) < 4.78 is 4.90. The Balaban J connectivity index is 2.09. The highest BCUT2D eigenvalue weighted by Gasteiger charge is 2.20. The van der Waals surface area contributed by atoms with E-state index in [1.807, 2.05) is 0 Å². The maximum Gasteiger partial charge on any atom is 0.338 e. The lowest BCUT2D eigenvalue weighted by atomic mass is 10.1. The van der Waals surface area contributed by atoms with Crippen molar-refractivity contribution in [3.05, 3.63) is 67.2 Å². The van der Waals surface area contributed by atoms with Crippen molar-refractivity contribution in [3.8, 4) is 0 Å². The van der Waals surface area contributed by atoms with Crippen LogP contribution < -0.4 is 5.32 Å². The molecule has 0 aromatic heterocycles. The Kier molecular flexibility index (Phi) is 6.18. The first-order chi connectivity index (χ1) is 12.2.